The molecule has 4 aromatic rings. The molecule has 0 aliphatic rings. The quantitative estimate of drug-likeness (QED) is 0.480. The average Bonchev–Trinajstić information content (AvgIpc) is 3.06. The van der Waals surface area contributed by atoms with Crippen molar-refractivity contribution in [3.05, 3.63) is 71.8 Å². The molecule has 0 spiro atoms. The summed E-state index contributed by atoms with van der Waals surface area (Å²) in [6.45, 7) is 0. The number of hydrogen-bond acceptors (Lipinski definition) is 3. The van der Waals surface area contributed by atoms with Gasteiger partial charge in [-0.25, -0.2) is 4.98 Å². The minimum atomic E-state index is -0.787. The maximum atomic E-state index is 10.7. The van der Waals surface area contributed by atoms with Gasteiger partial charge < -0.3 is 10.1 Å². The van der Waals surface area contributed by atoms with Crippen molar-refractivity contribution < 1.29 is 9.90 Å². The predicted octanol–water partition coefficient (Wildman–Crippen LogP) is 4.87. The van der Waals surface area contributed by atoms with Gasteiger partial charge in [-0.05, 0) is 28.0 Å². The number of carbonyl (C=O) groups is 1. The van der Waals surface area contributed by atoms with Gasteiger partial charge in [0.05, 0.1) is 17.5 Å². The molecule has 3 aromatic carbocycles. The molecule has 2 N–H and O–H groups in total. The van der Waals surface area contributed by atoms with Crippen LogP contribution in [0.25, 0.3) is 21.8 Å². The number of para-hydroxylation sites is 1. The Hall–Kier alpha value is -2.79. The maximum Gasteiger partial charge on any atom is 0.304 e. The Labute approximate surface area is 155 Å². The number of fused-ring (bicyclic) bond motifs is 2. The lowest BCUT2D eigenvalue weighted by Crippen LogP contribution is -1.95. The monoisotopic (exact) mass is 362 g/mol. The zero-order chi connectivity index (χ0) is 17.9. The third-order valence-corrected chi connectivity index (χ3v) is 5.27. The first-order valence-electron chi connectivity index (χ1n) is 8.49. The first-order valence-corrected chi connectivity index (χ1v) is 9.48. The van der Waals surface area contributed by atoms with E-state index in [1.807, 2.05) is 12.1 Å². The molecular weight excluding hydrogens is 344 g/mol. The van der Waals surface area contributed by atoms with Gasteiger partial charge >= 0.3 is 5.97 Å². The van der Waals surface area contributed by atoms with E-state index in [-0.39, 0.29) is 6.42 Å². The third kappa shape index (κ3) is 3.44. The number of imidazole rings is 1. The van der Waals surface area contributed by atoms with Gasteiger partial charge in [0.1, 0.15) is 0 Å². The lowest BCUT2D eigenvalue weighted by Gasteiger charge is -2.07. The maximum absolute atomic E-state index is 10.7. The van der Waals surface area contributed by atoms with Gasteiger partial charge in [-0.3, -0.25) is 4.79 Å². The smallest absolute Gasteiger partial charge is 0.304 e. The molecule has 0 saturated heterocycles. The molecule has 0 aliphatic carbocycles. The first-order chi connectivity index (χ1) is 12.7. The van der Waals surface area contributed by atoms with E-state index >= 15 is 0 Å². The van der Waals surface area contributed by atoms with E-state index in [1.54, 1.807) is 0 Å². The Kier molecular flexibility index (Phi) is 4.63. The molecule has 0 amide bonds. The van der Waals surface area contributed by atoms with Crippen molar-refractivity contribution >= 4 is 39.5 Å². The summed E-state index contributed by atoms with van der Waals surface area (Å²) in [5.41, 5.74) is 4.39. The van der Waals surface area contributed by atoms with Crippen molar-refractivity contribution in [2.24, 2.45) is 0 Å². The topological polar surface area (TPSA) is 66.0 Å². The molecule has 130 valence electrons. The van der Waals surface area contributed by atoms with Crippen molar-refractivity contribution in [3.8, 4) is 0 Å². The SMILES string of the molecule is O=C(O)CCSc1nc2c(Cc3cccc4ccccc34)cccc2[nH]1. The Balaban J connectivity index is 1.66. The summed E-state index contributed by atoms with van der Waals surface area (Å²) in [7, 11) is 0. The van der Waals surface area contributed by atoms with Crippen LogP contribution in [-0.4, -0.2) is 26.8 Å². The number of aromatic nitrogens is 2. The lowest BCUT2D eigenvalue weighted by molar-refractivity contribution is -0.136. The highest BCUT2D eigenvalue weighted by Crippen LogP contribution is 2.26. The average molecular weight is 362 g/mol. The molecule has 0 atom stereocenters. The molecule has 26 heavy (non-hydrogen) atoms. The van der Waals surface area contributed by atoms with E-state index in [4.69, 9.17) is 10.1 Å². The normalized spacial score (nSPS) is 11.2. The van der Waals surface area contributed by atoms with Gasteiger partial charge in [-0.15, -0.1) is 0 Å². The number of H-pyrrole nitrogens is 1. The Bertz CT molecular complexity index is 1080. The highest BCUT2D eigenvalue weighted by Gasteiger charge is 2.10. The number of rotatable bonds is 6. The summed E-state index contributed by atoms with van der Waals surface area (Å²) in [6.07, 6.45) is 0.938. The number of nitrogens with zero attached hydrogens (tertiary/aromatic N) is 1. The van der Waals surface area contributed by atoms with Gasteiger partial charge in [0, 0.05) is 12.2 Å². The summed E-state index contributed by atoms with van der Waals surface area (Å²) < 4.78 is 0. The number of carboxylic acids is 1. The van der Waals surface area contributed by atoms with Gasteiger partial charge in [-0.2, -0.15) is 0 Å². The van der Waals surface area contributed by atoms with Crippen LogP contribution in [0.2, 0.25) is 0 Å². The number of carboxylic acid groups (broad SMARTS) is 1. The van der Waals surface area contributed by atoms with E-state index < -0.39 is 5.97 Å². The summed E-state index contributed by atoms with van der Waals surface area (Å²) in [5.74, 6) is -0.279. The summed E-state index contributed by atoms with van der Waals surface area (Å²) in [5, 5.41) is 12.1. The molecule has 0 fully saturated rings. The van der Waals surface area contributed by atoms with E-state index in [2.05, 4.69) is 53.5 Å². The van der Waals surface area contributed by atoms with Gasteiger partial charge in [0.15, 0.2) is 5.16 Å². The minimum Gasteiger partial charge on any atom is -0.481 e. The standard InChI is InChI=1S/C21H18N2O2S/c24-19(25)11-12-26-21-22-18-10-4-8-16(20(18)23-21)13-15-7-3-6-14-5-1-2-9-17(14)15/h1-10H,11-13H2,(H,22,23)(H,24,25). The van der Waals surface area contributed by atoms with Gasteiger partial charge in [0.25, 0.3) is 0 Å². The summed E-state index contributed by atoms with van der Waals surface area (Å²) in [6, 6.07) is 20.9. The fourth-order valence-corrected chi connectivity index (χ4v) is 3.97. The van der Waals surface area contributed by atoms with Crippen LogP contribution in [0.1, 0.15) is 17.5 Å². The van der Waals surface area contributed by atoms with E-state index in [1.165, 1.54) is 33.7 Å². The zero-order valence-corrected chi connectivity index (χ0v) is 14.9. The zero-order valence-electron chi connectivity index (χ0n) is 14.1. The highest BCUT2D eigenvalue weighted by molar-refractivity contribution is 7.99. The Morgan fingerprint density at radius 3 is 2.65 bits per heavy atom. The molecule has 5 heteroatoms. The number of benzene rings is 3. The van der Waals surface area contributed by atoms with Gasteiger partial charge in [-0.1, -0.05) is 66.4 Å². The van der Waals surface area contributed by atoms with Crippen LogP contribution >= 0.6 is 11.8 Å². The van der Waals surface area contributed by atoms with Crippen LogP contribution in [0, 0.1) is 0 Å². The fraction of sp³-hybridized carbons (Fsp3) is 0.143. The van der Waals surface area contributed by atoms with E-state index in [0.29, 0.717) is 5.75 Å². The molecule has 0 unspecified atom stereocenters. The molecule has 0 bridgehead atoms. The lowest BCUT2D eigenvalue weighted by atomic mass is 9.98. The van der Waals surface area contributed by atoms with Crippen LogP contribution in [0.5, 0.6) is 0 Å². The second-order valence-corrected chi connectivity index (χ2v) is 7.25. The second-order valence-electron chi connectivity index (χ2n) is 6.16. The fourth-order valence-electron chi connectivity index (χ4n) is 3.17. The largest absolute Gasteiger partial charge is 0.481 e. The summed E-state index contributed by atoms with van der Waals surface area (Å²) >= 11 is 1.44. The highest BCUT2D eigenvalue weighted by atomic mass is 32.2. The van der Waals surface area contributed by atoms with Crippen LogP contribution < -0.4 is 0 Å². The first kappa shape index (κ1) is 16.7. The third-order valence-electron chi connectivity index (χ3n) is 4.39. The van der Waals surface area contributed by atoms with E-state index in [9.17, 15) is 4.79 Å². The van der Waals surface area contributed by atoms with Crippen LogP contribution in [0.15, 0.2) is 65.8 Å². The van der Waals surface area contributed by atoms with Crippen molar-refractivity contribution in [2.45, 2.75) is 18.0 Å². The van der Waals surface area contributed by atoms with Crippen molar-refractivity contribution in [3.63, 3.8) is 0 Å². The minimum absolute atomic E-state index is 0.130. The molecule has 0 aliphatic heterocycles. The molecular formula is C21H18N2O2S. The Morgan fingerprint density at radius 2 is 1.77 bits per heavy atom. The van der Waals surface area contributed by atoms with Crippen molar-refractivity contribution in [2.75, 3.05) is 5.75 Å². The van der Waals surface area contributed by atoms with Crippen LogP contribution in [-0.2, 0) is 11.2 Å². The molecule has 0 radical (unpaired) electrons. The van der Waals surface area contributed by atoms with Crippen LogP contribution in [0.3, 0.4) is 0 Å². The number of hydrogen-bond donors (Lipinski definition) is 2. The second kappa shape index (κ2) is 7.22. The number of nitrogens with one attached hydrogen (secondary N) is 1. The van der Waals surface area contributed by atoms with Crippen molar-refractivity contribution in [1.82, 2.24) is 9.97 Å². The molecule has 4 nitrogen and oxygen atoms in total. The predicted molar refractivity (Wildman–Crippen MR) is 106 cm³/mol. The van der Waals surface area contributed by atoms with Gasteiger partial charge in [0.2, 0.25) is 0 Å². The van der Waals surface area contributed by atoms with Crippen molar-refractivity contribution in [1.29, 1.82) is 0 Å². The number of thioether (sulfide) groups is 1. The molecule has 1 aromatic heterocycles. The molecule has 0 saturated carbocycles. The molecule has 1 heterocycles. The number of aromatic amines is 1. The Morgan fingerprint density at radius 1 is 1.00 bits per heavy atom. The number of aliphatic carboxylic acids is 1. The molecule has 4 rings (SSSR count). The van der Waals surface area contributed by atoms with E-state index in [0.717, 1.165) is 22.6 Å². The van der Waals surface area contributed by atoms with Crippen LogP contribution in [0.4, 0.5) is 0 Å². The summed E-state index contributed by atoms with van der Waals surface area (Å²) in [4.78, 5) is 18.7.